The highest BCUT2D eigenvalue weighted by molar-refractivity contribution is 4.81. The first-order valence-electron chi connectivity index (χ1n) is 8.90. The van der Waals surface area contributed by atoms with Gasteiger partial charge >= 0.3 is 0 Å². The van der Waals surface area contributed by atoms with Crippen LogP contribution in [-0.4, -0.2) is 36.6 Å². The fraction of sp³-hybridized carbons (Fsp3) is 1.00. The van der Waals surface area contributed by atoms with Crippen molar-refractivity contribution in [3.63, 3.8) is 0 Å². The lowest BCUT2D eigenvalue weighted by molar-refractivity contribution is 0.233. The van der Waals surface area contributed by atoms with Crippen molar-refractivity contribution in [2.24, 2.45) is 17.8 Å². The molecule has 1 saturated carbocycles. The summed E-state index contributed by atoms with van der Waals surface area (Å²) in [6, 6.07) is 0. The van der Waals surface area contributed by atoms with Crippen LogP contribution in [0.3, 0.4) is 0 Å². The van der Waals surface area contributed by atoms with Gasteiger partial charge in [0.05, 0.1) is 0 Å². The second-order valence-corrected chi connectivity index (χ2v) is 8.50. The Kier molecular flexibility index (Phi) is 5.92. The van der Waals surface area contributed by atoms with Crippen LogP contribution in [0.1, 0.15) is 66.2 Å². The third-order valence-corrected chi connectivity index (χ3v) is 5.28. The molecule has 0 bridgehead atoms. The van der Waals surface area contributed by atoms with E-state index in [9.17, 15) is 0 Å². The lowest BCUT2D eigenvalue weighted by Crippen LogP contribution is -2.39. The Morgan fingerprint density at radius 3 is 2.35 bits per heavy atom. The molecule has 2 fully saturated rings. The van der Waals surface area contributed by atoms with Crippen molar-refractivity contribution >= 4 is 0 Å². The monoisotopic (exact) mass is 280 g/mol. The van der Waals surface area contributed by atoms with E-state index in [4.69, 9.17) is 0 Å². The van der Waals surface area contributed by atoms with E-state index in [-0.39, 0.29) is 5.54 Å². The highest BCUT2D eigenvalue weighted by atomic mass is 15.1. The summed E-state index contributed by atoms with van der Waals surface area (Å²) in [5, 5.41) is 3.67. The van der Waals surface area contributed by atoms with Gasteiger partial charge in [-0.05, 0) is 71.0 Å². The van der Waals surface area contributed by atoms with Crippen molar-refractivity contribution < 1.29 is 0 Å². The molecule has 20 heavy (non-hydrogen) atoms. The molecular weight excluding hydrogens is 244 g/mol. The predicted molar refractivity (Wildman–Crippen MR) is 88.0 cm³/mol. The van der Waals surface area contributed by atoms with Gasteiger partial charge in [-0.3, -0.25) is 0 Å². The quantitative estimate of drug-likeness (QED) is 0.821. The summed E-state index contributed by atoms with van der Waals surface area (Å²) in [5.74, 6) is 2.89. The standard InChI is InChI=1S/C18H36N2/c1-15-5-7-16(8-6-15)9-11-20-12-10-17(14-20)13-19-18(2,3)4/h15-17,19H,5-14H2,1-4H3. The molecule has 1 N–H and O–H groups in total. The summed E-state index contributed by atoms with van der Waals surface area (Å²) in [6.07, 6.45) is 8.77. The molecule has 1 atom stereocenters. The Balaban J connectivity index is 1.59. The SMILES string of the molecule is CC1CCC(CCN2CCC(CNC(C)(C)C)C2)CC1. The van der Waals surface area contributed by atoms with Crippen LogP contribution in [0.25, 0.3) is 0 Å². The fourth-order valence-electron chi connectivity index (χ4n) is 3.72. The largest absolute Gasteiger partial charge is 0.312 e. The molecule has 1 aliphatic carbocycles. The smallest absolute Gasteiger partial charge is 0.00966 e. The third kappa shape index (κ3) is 5.73. The van der Waals surface area contributed by atoms with Gasteiger partial charge in [-0.15, -0.1) is 0 Å². The molecule has 2 nitrogen and oxygen atoms in total. The average Bonchev–Trinajstić information content (AvgIpc) is 2.83. The van der Waals surface area contributed by atoms with Crippen molar-refractivity contribution in [3.05, 3.63) is 0 Å². The zero-order chi connectivity index (χ0) is 14.6. The van der Waals surface area contributed by atoms with Gasteiger partial charge in [0.15, 0.2) is 0 Å². The van der Waals surface area contributed by atoms with Gasteiger partial charge < -0.3 is 10.2 Å². The molecule has 0 aromatic rings. The zero-order valence-electron chi connectivity index (χ0n) is 14.3. The molecule has 2 aliphatic rings. The Morgan fingerprint density at radius 1 is 1.00 bits per heavy atom. The van der Waals surface area contributed by atoms with Crippen LogP contribution in [0.5, 0.6) is 0 Å². The number of nitrogens with one attached hydrogen (secondary N) is 1. The molecule has 118 valence electrons. The second-order valence-electron chi connectivity index (χ2n) is 8.50. The molecule has 0 aromatic carbocycles. The summed E-state index contributed by atoms with van der Waals surface area (Å²) in [5.41, 5.74) is 0.270. The molecule has 1 aliphatic heterocycles. The van der Waals surface area contributed by atoms with Gasteiger partial charge in [0.1, 0.15) is 0 Å². The lowest BCUT2D eigenvalue weighted by Gasteiger charge is -2.28. The average molecular weight is 281 g/mol. The highest BCUT2D eigenvalue weighted by Crippen LogP contribution is 2.30. The molecule has 2 heteroatoms. The van der Waals surface area contributed by atoms with E-state index >= 15 is 0 Å². The number of hydrogen-bond donors (Lipinski definition) is 1. The molecular formula is C18H36N2. The van der Waals surface area contributed by atoms with Gasteiger partial charge in [0.25, 0.3) is 0 Å². The molecule has 0 spiro atoms. The van der Waals surface area contributed by atoms with Crippen LogP contribution < -0.4 is 5.32 Å². The van der Waals surface area contributed by atoms with Crippen molar-refractivity contribution in [3.8, 4) is 0 Å². The summed E-state index contributed by atoms with van der Waals surface area (Å²) in [4.78, 5) is 2.72. The molecule has 0 radical (unpaired) electrons. The number of nitrogens with zero attached hydrogens (tertiary/aromatic N) is 1. The van der Waals surface area contributed by atoms with Gasteiger partial charge in [0, 0.05) is 12.1 Å². The van der Waals surface area contributed by atoms with Gasteiger partial charge in [-0.25, -0.2) is 0 Å². The minimum Gasteiger partial charge on any atom is -0.312 e. The van der Waals surface area contributed by atoms with E-state index in [0.29, 0.717) is 0 Å². The third-order valence-electron chi connectivity index (χ3n) is 5.28. The molecule has 0 aromatic heterocycles. The minimum atomic E-state index is 0.270. The Labute approximate surface area is 126 Å². The molecule has 1 unspecified atom stereocenters. The Bertz CT molecular complexity index is 274. The molecule has 0 amide bonds. The van der Waals surface area contributed by atoms with Crippen molar-refractivity contribution in [2.75, 3.05) is 26.2 Å². The van der Waals surface area contributed by atoms with E-state index in [1.54, 1.807) is 0 Å². The maximum absolute atomic E-state index is 3.67. The van der Waals surface area contributed by atoms with Crippen LogP contribution >= 0.6 is 0 Å². The van der Waals surface area contributed by atoms with Crippen LogP contribution in [0.4, 0.5) is 0 Å². The zero-order valence-corrected chi connectivity index (χ0v) is 14.3. The van der Waals surface area contributed by atoms with E-state index in [2.05, 4.69) is 37.9 Å². The van der Waals surface area contributed by atoms with E-state index in [1.807, 2.05) is 0 Å². The van der Waals surface area contributed by atoms with Crippen molar-refractivity contribution in [2.45, 2.75) is 71.8 Å². The lowest BCUT2D eigenvalue weighted by atomic mass is 9.81. The first-order chi connectivity index (χ1) is 9.42. The number of likely N-dealkylation sites (tertiary alicyclic amines) is 1. The van der Waals surface area contributed by atoms with Gasteiger partial charge in [0.2, 0.25) is 0 Å². The Morgan fingerprint density at radius 2 is 1.70 bits per heavy atom. The van der Waals surface area contributed by atoms with Gasteiger partial charge in [-0.1, -0.05) is 32.6 Å². The van der Waals surface area contributed by atoms with Crippen molar-refractivity contribution in [1.29, 1.82) is 0 Å². The summed E-state index contributed by atoms with van der Waals surface area (Å²) in [7, 11) is 0. The van der Waals surface area contributed by atoms with Crippen LogP contribution in [0.2, 0.25) is 0 Å². The fourth-order valence-corrected chi connectivity index (χ4v) is 3.72. The second kappa shape index (κ2) is 7.26. The molecule has 2 rings (SSSR count). The summed E-state index contributed by atoms with van der Waals surface area (Å²) < 4.78 is 0. The predicted octanol–water partition coefficient (Wildman–Crippen LogP) is 3.91. The van der Waals surface area contributed by atoms with E-state index < -0.39 is 0 Å². The summed E-state index contributed by atoms with van der Waals surface area (Å²) >= 11 is 0. The summed E-state index contributed by atoms with van der Waals surface area (Å²) in [6.45, 7) is 14.4. The first kappa shape index (κ1) is 16.3. The Hall–Kier alpha value is -0.0800. The highest BCUT2D eigenvalue weighted by Gasteiger charge is 2.25. The normalized spacial score (nSPS) is 32.7. The maximum Gasteiger partial charge on any atom is 0.00966 e. The number of rotatable bonds is 5. The topological polar surface area (TPSA) is 15.3 Å². The molecule has 1 heterocycles. The maximum atomic E-state index is 3.67. The molecule has 1 saturated heterocycles. The van der Waals surface area contributed by atoms with Gasteiger partial charge in [-0.2, -0.15) is 0 Å². The van der Waals surface area contributed by atoms with E-state index in [1.165, 1.54) is 64.7 Å². The van der Waals surface area contributed by atoms with Crippen LogP contribution in [0, 0.1) is 17.8 Å². The number of hydrogen-bond acceptors (Lipinski definition) is 2. The van der Waals surface area contributed by atoms with Crippen LogP contribution in [0.15, 0.2) is 0 Å². The first-order valence-corrected chi connectivity index (χ1v) is 8.90. The van der Waals surface area contributed by atoms with Crippen molar-refractivity contribution in [1.82, 2.24) is 10.2 Å². The van der Waals surface area contributed by atoms with Crippen LogP contribution in [-0.2, 0) is 0 Å². The minimum absolute atomic E-state index is 0.270. The van der Waals surface area contributed by atoms with E-state index in [0.717, 1.165) is 17.8 Å².